The summed E-state index contributed by atoms with van der Waals surface area (Å²) >= 11 is 6.07. The van der Waals surface area contributed by atoms with Crippen molar-refractivity contribution in [1.29, 1.82) is 0 Å². The number of carbonyl (C=O) groups excluding carboxylic acids is 1. The number of anilines is 2. The molecule has 2 N–H and O–H groups in total. The summed E-state index contributed by atoms with van der Waals surface area (Å²) in [5.74, 6) is 1.01. The molecule has 2 rings (SSSR count). The minimum absolute atomic E-state index is 0.333. The molecule has 0 saturated heterocycles. The highest BCUT2D eigenvalue weighted by Gasteiger charge is 2.14. The van der Waals surface area contributed by atoms with E-state index < -0.39 is 0 Å². The SMILES string of the molecule is CCCCCNc1ncc(C(=O)Nc2cc(OC)c(Cl)cc2OC)cn1. The molecule has 1 aromatic heterocycles. The van der Waals surface area contributed by atoms with Crippen molar-refractivity contribution < 1.29 is 14.3 Å². The number of benzene rings is 1. The lowest BCUT2D eigenvalue weighted by Gasteiger charge is -2.13. The van der Waals surface area contributed by atoms with Gasteiger partial charge in [0.25, 0.3) is 5.91 Å². The molecule has 26 heavy (non-hydrogen) atoms. The van der Waals surface area contributed by atoms with Gasteiger partial charge in [-0.15, -0.1) is 0 Å². The topological polar surface area (TPSA) is 85.4 Å². The molecule has 0 aliphatic rings. The minimum Gasteiger partial charge on any atom is -0.495 e. The molecule has 0 spiro atoms. The Kier molecular flexibility index (Phi) is 7.47. The van der Waals surface area contributed by atoms with E-state index in [9.17, 15) is 4.79 Å². The number of nitrogens with one attached hydrogen (secondary N) is 2. The van der Waals surface area contributed by atoms with Gasteiger partial charge in [-0.1, -0.05) is 31.4 Å². The van der Waals surface area contributed by atoms with E-state index in [1.807, 2.05) is 0 Å². The van der Waals surface area contributed by atoms with Crippen molar-refractivity contribution in [2.24, 2.45) is 0 Å². The number of rotatable bonds is 9. The highest BCUT2D eigenvalue weighted by Crippen LogP contribution is 2.36. The van der Waals surface area contributed by atoms with Gasteiger partial charge in [-0.05, 0) is 6.42 Å². The van der Waals surface area contributed by atoms with Crippen LogP contribution in [-0.2, 0) is 0 Å². The lowest BCUT2D eigenvalue weighted by atomic mass is 10.2. The van der Waals surface area contributed by atoms with E-state index in [4.69, 9.17) is 21.1 Å². The molecule has 8 heteroatoms. The largest absolute Gasteiger partial charge is 0.495 e. The summed E-state index contributed by atoms with van der Waals surface area (Å²) in [6.45, 7) is 2.95. The van der Waals surface area contributed by atoms with E-state index in [1.165, 1.54) is 26.6 Å². The van der Waals surface area contributed by atoms with Crippen molar-refractivity contribution in [3.8, 4) is 11.5 Å². The summed E-state index contributed by atoms with van der Waals surface area (Å²) in [6.07, 6.45) is 6.31. The number of methoxy groups -OCH3 is 2. The van der Waals surface area contributed by atoms with E-state index in [1.54, 1.807) is 12.1 Å². The van der Waals surface area contributed by atoms with Gasteiger partial charge in [0.2, 0.25) is 5.95 Å². The fourth-order valence-electron chi connectivity index (χ4n) is 2.26. The molecule has 1 amide bonds. The summed E-state index contributed by atoms with van der Waals surface area (Å²) in [6, 6.07) is 3.18. The van der Waals surface area contributed by atoms with Crippen LogP contribution in [0.15, 0.2) is 24.5 Å². The normalized spacial score (nSPS) is 10.3. The van der Waals surface area contributed by atoms with Crippen LogP contribution in [0, 0.1) is 0 Å². The lowest BCUT2D eigenvalue weighted by molar-refractivity contribution is 0.102. The van der Waals surface area contributed by atoms with E-state index in [0.717, 1.165) is 25.8 Å². The maximum atomic E-state index is 12.4. The smallest absolute Gasteiger partial charge is 0.258 e. The fraction of sp³-hybridized carbons (Fsp3) is 0.389. The van der Waals surface area contributed by atoms with Crippen LogP contribution in [0.5, 0.6) is 11.5 Å². The first-order valence-electron chi connectivity index (χ1n) is 8.37. The average molecular weight is 379 g/mol. The summed E-state index contributed by atoms with van der Waals surface area (Å²) in [5.41, 5.74) is 0.778. The first kappa shape index (κ1) is 19.8. The van der Waals surface area contributed by atoms with E-state index in [2.05, 4.69) is 27.5 Å². The predicted octanol–water partition coefficient (Wildman–Crippen LogP) is 4.00. The summed E-state index contributed by atoms with van der Waals surface area (Å²) in [4.78, 5) is 20.8. The molecule has 0 bridgehead atoms. The van der Waals surface area contributed by atoms with Gasteiger partial charge in [-0.2, -0.15) is 0 Å². The highest BCUT2D eigenvalue weighted by atomic mass is 35.5. The fourth-order valence-corrected chi connectivity index (χ4v) is 2.50. The Labute approximate surface area is 158 Å². The van der Waals surface area contributed by atoms with Crippen molar-refractivity contribution >= 4 is 29.1 Å². The van der Waals surface area contributed by atoms with Gasteiger partial charge in [-0.25, -0.2) is 9.97 Å². The molecule has 7 nitrogen and oxygen atoms in total. The van der Waals surface area contributed by atoms with Crippen LogP contribution >= 0.6 is 11.6 Å². The van der Waals surface area contributed by atoms with Crippen molar-refractivity contribution in [3.63, 3.8) is 0 Å². The zero-order chi connectivity index (χ0) is 18.9. The predicted molar refractivity (Wildman–Crippen MR) is 103 cm³/mol. The molecule has 0 aliphatic carbocycles. The molecule has 1 aromatic carbocycles. The van der Waals surface area contributed by atoms with Gasteiger partial charge in [0.1, 0.15) is 11.5 Å². The Morgan fingerprint density at radius 1 is 1.12 bits per heavy atom. The Hall–Kier alpha value is -2.54. The maximum absolute atomic E-state index is 12.4. The third-order valence-electron chi connectivity index (χ3n) is 3.70. The third kappa shape index (κ3) is 5.23. The second-order valence-electron chi connectivity index (χ2n) is 5.57. The second-order valence-corrected chi connectivity index (χ2v) is 5.98. The number of aromatic nitrogens is 2. The Morgan fingerprint density at radius 2 is 1.81 bits per heavy atom. The highest BCUT2D eigenvalue weighted by molar-refractivity contribution is 6.32. The number of carbonyl (C=O) groups is 1. The molecule has 0 aliphatic heterocycles. The van der Waals surface area contributed by atoms with Crippen molar-refractivity contribution in [2.45, 2.75) is 26.2 Å². The molecule has 2 aromatic rings. The third-order valence-corrected chi connectivity index (χ3v) is 3.99. The van der Waals surface area contributed by atoms with Gasteiger partial charge in [0.05, 0.1) is 30.5 Å². The maximum Gasteiger partial charge on any atom is 0.258 e. The molecule has 0 fully saturated rings. The number of ether oxygens (including phenoxy) is 2. The number of halogens is 1. The first-order chi connectivity index (χ1) is 12.6. The first-order valence-corrected chi connectivity index (χ1v) is 8.75. The summed E-state index contributed by atoms with van der Waals surface area (Å²) < 4.78 is 10.4. The number of unbranched alkanes of at least 4 members (excludes halogenated alkanes) is 2. The zero-order valence-electron chi connectivity index (χ0n) is 15.1. The van der Waals surface area contributed by atoms with Gasteiger partial charge in [-0.3, -0.25) is 4.79 Å². The minimum atomic E-state index is -0.356. The number of hydrogen-bond acceptors (Lipinski definition) is 6. The van der Waals surface area contributed by atoms with Gasteiger partial charge >= 0.3 is 0 Å². The van der Waals surface area contributed by atoms with Crippen molar-refractivity contribution in [1.82, 2.24) is 9.97 Å². The van der Waals surface area contributed by atoms with Crippen LogP contribution in [-0.4, -0.2) is 36.6 Å². The van der Waals surface area contributed by atoms with E-state index in [-0.39, 0.29) is 5.91 Å². The monoisotopic (exact) mass is 378 g/mol. The molecular weight excluding hydrogens is 356 g/mol. The van der Waals surface area contributed by atoms with Gasteiger partial charge in [0.15, 0.2) is 0 Å². The standard InChI is InChI=1S/C18H23ClN4O3/c1-4-5-6-7-20-18-21-10-12(11-22-18)17(24)23-14-9-15(25-2)13(19)8-16(14)26-3/h8-11H,4-7H2,1-3H3,(H,23,24)(H,20,21,22). The molecule has 0 atom stereocenters. The van der Waals surface area contributed by atoms with E-state index in [0.29, 0.717) is 33.7 Å². The Morgan fingerprint density at radius 3 is 2.42 bits per heavy atom. The average Bonchev–Trinajstić information content (AvgIpc) is 2.66. The molecule has 140 valence electrons. The van der Waals surface area contributed by atoms with Crippen molar-refractivity contribution in [3.05, 3.63) is 35.1 Å². The van der Waals surface area contributed by atoms with Crippen LogP contribution in [0.2, 0.25) is 5.02 Å². The van der Waals surface area contributed by atoms with Crippen LogP contribution in [0.1, 0.15) is 36.5 Å². The van der Waals surface area contributed by atoms with Crippen LogP contribution in [0.4, 0.5) is 11.6 Å². The Balaban J connectivity index is 2.05. The molecular formula is C18H23ClN4O3. The van der Waals surface area contributed by atoms with Crippen LogP contribution in [0.25, 0.3) is 0 Å². The summed E-state index contributed by atoms with van der Waals surface area (Å²) in [7, 11) is 3.00. The second kappa shape index (κ2) is 9.82. The Bertz CT molecular complexity index is 738. The zero-order valence-corrected chi connectivity index (χ0v) is 15.9. The van der Waals surface area contributed by atoms with Gasteiger partial charge < -0.3 is 20.1 Å². The number of amides is 1. The molecule has 1 heterocycles. The molecule has 0 radical (unpaired) electrons. The van der Waals surface area contributed by atoms with Gasteiger partial charge in [0, 0.05) is 31.1 Å². The van der Waals surface area contributed by atoms with Crippen molar-refractivity contribution in [2.75, 3.05) is 31.4 Å². The number of hydrogen-bond donors (Lipinski definition) is 2. The quantitative estimate of drug-likeness (QED) is 0.641. The van der Waals surface area contributed by atoms with Crippen LogP contribution < -0.4 is 20.1 Å². The van der Waals surface area contributed by atoms with E-state index >= 15 is 0 Å². The van der Waals surface area contributed by atoms with Crippen LogP contribution in [0.3, 0.4) is 0 Å². The molecule has 0 saturated carbocycles. The number of nitrogens with zero attached hydrogens (tertiary/aromatic N) is 2. The lowest BCUT2D eigenvalue weighted by Crippen LogP contribution is -2.14. The summed E-state index contributed by atoms with van der Waals surface area (Å²) in [5, 5.41) is 6.28. The molecule has 0 unspecified atom stereocenters.